The molecule has 0 aromatic heterocycles. The van der Waals surface area contributed by atoms with Gasteiger partial charge in [-0.2, -0.15) is 0 Å². The molecule has 4 nitrogen and oxygen atoms in total. The van der Waals surface area contributed by atoms with Gasteiger partial charge in [0.1, 0.15) is 5.75 Å². The molecule has 0 bridgehead atoms. The number of ether oxygens (including phenoxy) is 1. The number of hydrogen-bond acceptors (Lipinski definition) is 2. The molecule has 0 aliphatic heterocycles. The van der Waals surface area contributed by atoms with Crippen molar-refractivity contribution in [3.8, 4) is 5.75 Å². The molecule has 2 N–H and O–H groups in total. The maximum Gasteiger partial charge on any atom is 0.315 e. The predicted molar refractivity (Wildman–Crippen MR) is 92.6 cm³/mol. The lowest BCUT2D eigenvalue weighted by Gasteiger charge is -2.27. The summed E-state index contributed by atoms with van der Waals surface area (Å²) in [6.45, 7) is 6.49. The van der Waals surface area contributed by atoms with Crippen LogP contribution < -0.4 is 15.4 Å². The first-order valence-corrected chi connectivity index (χ1v) is 7.67. The molecule has 0 spiro atoms. The van der Waals surface area contributed by atoms with E-state index in [0.717, 1.165) is 16.9 Å². The highest BCUT2D eigenvalue weighted by Gasteiger charge is 2.22. The third-order valence-electron chi connectivity index (χ3n) is 3.77. The molecule has 0 saturated carbocycles. The summed E-state index contributed by atoms with van der Waals surface area (Å²) in [5.74, 6) is 0.799. The van der Waals surface area contributed by atoms with E-state index in [0.29, 0.717) is 6.54 Å². The molecule has 4 heteroatoms. The van der Waals surface area contributed by atoms with Crippen LogP contribution in [-0.2, 0) is 12.1 Å². The summed E-state index contributed by atoms with van der Waals surface area (Å²) in [5, 5.41) is 5.90. The monoisotopic (exact) mass is 312 g/mol. The highest BCUT2D eigenvalue weighted by atomic mass is 16.5. The van der Waals surface area contributed by atoms with E-state index in [1.165, 1.54) is 5.56 Å². The van der Waals surface area contributed by atoms with Crippen LogP contribution in [0.3, 0.4) is 0 Å². The molecule has 23 heavy (non-hydrogen) atoms. The summed E-state index contributed by atoms with van der Waals surface area (Å²) < 4.78 is 5.16. The Morgan fingerprint density at radius 3 is 2.43 bits per heavy atom. The summed E-state index contributed by atoms with van der Waals surface area (Å²) in [6.07, 6.45) is 0. The first kappa shape index (κ1) is 16.9. The number of nitrogens with one attached hydrogen (secondary N) is 2. The second-order valence-corrected chi connectivity index (χ2v) is 6.15. The van der Waals surface area contributed by atoms with Crippen LogP contribution >= 0.6 is 0 Å². The van der Waals surface area contributed by atoms with Crippen molar-refractivity contribution in [2.24, 2.45) is 0 Å². The minimum absolute atomic E-state index is 0.188. The van der Waals surface area contributed by atoms with Crippen molar-refractivity contribution in [3.63, 3.8) is 0 Å². The Balaban J connectivity index is 1.94. The number of amides is 2. The van der Waals surface area contributed by atoms with Gasteiger partial charge in [-0.05, 0) is 44.0 Å². The Labute approximate surface area is 137 Å². The third-order valence-corrected chi connectivity index (χ3v) is 3.77. The number of carbonyl (C=O) groups is 1. The molecule has 0 aliphatic rings. The quantitative estimate of drug-likeness (QED) is 0.883. The van der Waals surface area contributed by atoms with Gasteiger partial charge in [-0.3, -0.25) is 0 Å². The summed E-state index contributed by atoms with van der Waals surface area (Å²) >= 11 is 0. The zero-order valence-corrected chi connectivity index (χ0v) is 14.1. The topological polar surface area (TPSA) is 50.4 Å². The van der Waals surface area contributed by atoms with Crippen molar-refractivity contribution in [2.45, 2.75) is 32.9 Å². The molecule has 2 rings (SSSR count). The molecule has 0 atom stereocenters. The van der Waals surface area contributed by atoms with Crippen LogP contribution in [0.1, 0.15) is 30.5 Å². The van der Waals surface area contributed by atoms with Crippen LogP contribution in [-0.4, -0.2) is 13.1 Å². The minimum atomic E-state index is -0.469. The average Bonchev–Trinajstić information content (AvgIpc) is 2.53. The second-order valence-electron chi connectivity index (χ2n) is 6.15. The molecule has 122 valence electrons. The number of benzene rings is 2. The summed E-state index contributed by atoms with van der Waals surface area (Å²) in [6, 6.07) is 15.6. The van der Waals surface area contributed by atoms with Gasteiger partial charge in [-0.1, -0.05) is 42.0 Å². The molecule has 0 heterocycles. The van der Waals surface area contributed by atoms with E-state index in [-0.39, 0.29) is 6.03 Å². The molecule has 0 saturated heterocycles. The standard InChI is InChI=1S/C19H24N2O2/c1-14-6-5-7-15(12-14)13-20-18(22)21-19(2,3)16-8-10-17(23-4)11-9-16/h5-12H,13H2,1-4H3,(H2,20,21,22). The van der Waals surface area contributed by atoms with Gasteiger partial charge in [0.25, 0.3) is 0 Å². The van der Waals surface area contributed by atoms with E-state index < -0.39 is 5.54 Å². The second kappa shape index (κ2) is 7.18. The molecule has 2 amide bonds. The Bertz CT molecular complexity index is 663. The first-order chi connectivity index (χ1) is 10.9. The van der Waals surface area contributed by atoms with Crippen molar-refractivity contribution < 1.29 is 9.53 Å². The van der Waals surface area contributed by atoms with Crippen molar-refractivity contribution in [1.29, 1.82) is 0 Å². The molecule has 2 aromatic rings. The van der Waals surface area contributed by atoms with E-state index in [2.05, 4.69) is 16.7 Å². The van der Waals surface area contributed by atoms with Crippen LogP contribution in [0.2, 0.25) is 0 Å². The van der Waals surface area contributed by atoms with Crippen LogP contribution in [0, 0.1) is 6.92 Å². The highest BCUT2D eigenvalue weighted by Crippen LogP contribution is 2.22. The number of rotatable bonds is 5. The lowest BCUT2D eigenvalue weighted by molar-refractivity contribution is 0.229. The van der Waals surface area contributed by atoms with Crippen LogP contribution in [0.4, 0.5) is 4.79 Å². The Kier molecular flexibility index (Phi) is 5.27. The lowest BCUT2D eigenvalue weighted by Crippen LogP contribution is -2.46. The number of methoxy groups -OCH3 is 1. The van der Waals surface area contributed by atoms with Gasteiger partial charge in [0.2, 0.25) is 0 Å². The molecular weight excluding hydrogens is 288 g/mol. The van der Waals surface area contributed by atoms with Crippen molar-refractivity contribution in [1.82, 2.24) is 10.6 Å². The lowest BCUT2D eigenvalue weighted by atomic mass is 9.94. The predicted octanol–water partition coefficient (Wildman–Crippen LogP) is 3.74. The fourth-order valence-corrected chi connectivity index (χ4v) is 2.41. The van der Waals surface area contributed by atoms with Crippen molar-refractivity contribution in [3.05, 3.63) is 65.2 Å². The van der Waals surface area contributed by atoms with E-state index >= 15 is 0 Å². The Hall–Kier alpha value is -2.49. The number of carbonyl (C=O) groups excluding carboxylic acids is 1. The van der Waals surface area contributed by atoms with Crippen molar-refractivity contribution in [2.75, 3.05) is 7.11 Å². The summed E-state index contributed by atoms with van der Waals surface area (Å²) in [7, 11) is 1.64. The number of aryl methyl sites for hydroxylation is 1. The smallest absolute Gasteiger partial charge is 0.315 e. The van der Waals surface area contributed by atoms with Crippen LogP contribution in [0.25, 0.3) is 0 Å². The van der Waals surface area contributed by atoms with E-state index in [1.807, 2.05) is 63.2 Å². The summed E-state index contributed by atoms with van der Waals surface area (Å²) in [4.78, 5) is 12.2. The normalized spacial score (nSPS) is 11.0. The SMILES string of the molecule is COc1ccc(C(C)(C)NC(=O)NCc2cccc(C)c2)cc1. The fraction of sp³-hybridized carbons (Fsp3) is 0.316. The molecule has 0 aliphatic carbocycles. The Morgan fingerprint density at radius 1 is 1.13 bits per heavy atom. The van der Waals surface area contributed by atoms with Gasteiger partial charge >= 0.3 is 6.03 Å². The zero-order chi connectivity index (χ0) is 16.9. The first-order valence-electron chi connectivity index (χ1n) is 7.67. The summed E-state index contributed by atoms with van der Waals surface area (Å²) in [5.41, 5.74) is 2.82. The van der Waals surface area contributed by atoms with Gasteiger partial charge in [-0.25, -0.2) is 4.79 Å². The van der Waals surface area contributed by atoms with Gasteiger partial charge in [0, 0.05) is 6.54 Å². The highest BCUT2D eigenvalue weighted by molar-refractivity contribution is 5.75. The third kappa shape index (κ3) is 4.74. The molecular formula is C19H24N2O2. The number of hydrogen-bond donors (Lipinski definition) is 2. The molecule has 0 unspecified atom stereocenters. The molecule has 0 fully saturated rings. The number of urea groups is 1. The van der Waals surface area contributed by atoms with Gasteiger partial charge in [0.15, 0.2) is 0 Å². The van der Waals surface area contributed by atoms with Gasteiger partial charge in [-0.15, -0.1) is 0 Å². The zero-order valence-electron chi connectivity index (χ0n) is 14.1. The largest absolute Gasteiger partial charge is 0.497 e. The van der Waals surface area contributed by atoms with E-state index in [9.17, 15) is 4.79 Å². The maximum atomic E-state index is 12.2. The average molecular weight is 312 g/mol. The van der Waals surface area contributed by atoms with Crippen LogP contribution in [0.5, 0.6) is 5.75 Å². The Morgan fingerprint density at radius 2 is 1.83 bits per heavy atom. The van der Waals surface area contributed by atoms with Gasteiger partial charge < -0.3 is 15.4 Å². The molecule has 2 aromatic carbocycles. The van der Waals surface area contributed by atoms with E-state index in [1.54, 1.807) is 7.11 Å². The molecule has 0 radical (unpaired) electrons. The minimum Gasteiger partial charge on any atom is -0.497 e. The van der Waals surface area contributed by atoms with Crippen molar-refractivity contribution >= 4 is 6.03 Å². The van der Waals surface area contributed by atoms with Crippen LogP contribution in [0.15, 0.2) is 48.5 Å². The van der Waals surface area contributed by atoms with E-state index in [4.69, 9.17) is 4.74 Å². The maximum absolute atomic E-state index is 12.2. The van der Waals surface area contributed by atoms with Gasteiger partial charge in [0.05, 0.1) is 12.6 Å². The fourth-order valence-electron chi connectivity index (χ4n) is 2.41.